The van der Waals surface area contributed by atoms with E-state index in [0.29, 0.717) is 18.9 Å². The third-order valence-electron chi connectivity index (χ3n) is 4.12. The average molecular weight is 307 g/mol. The highest BCUT2D eigenvalue weighted by Crippen LogP contribution is 2.22. The van der Waals surface area contributed by atoms with E-state index in [1.807, 2.05) is 19.1 Å². The molecule has 0 saturated heterocycles. The lowest BCUT2D eigenvalue weighted by atomic mass is 9.88. The normalized spacial score (nSPS) is 13.6. The summed E-state index contributed by atoms with van der Waals surface area (Å²) in [7, 11) is 0. The van der Waals surface area contributed by atoms with Crippen molar-refractivity contribution < 1.29 is 14.6 Å². The summed E-state index contributed by atoms with van der Waals surface area (Å²) < 4.78 is 5.51. The van der Waals surface area contributed by atoms with E-state index in [1.165, 1.54) is 5.56 Å². The van der Waals surface area contributed by atoms with Crippen LogP contribution in [-0.4, -0.2) is 24.2 Å². The van der Waals surface area contributed by atoms with E-state index in [4.69, 9.17) is 15.6 Å². The Labute approximate surface area is 133 Å². The van der Waals surface area contributed by atoms with Gasteiger partial charge in [-0.05, 0) is 49.8 Å². The topological polar surface area (TPSA) is 72.5 Å². The number of hydrogen-bond donors (Lipinski definition) is 2. The molecule has 3 N–H and O–H groups in total. The average Bonchev–Trinajstić information content (AvgIpc) is 2.51. The van der Waals surface area contributed by atoms with Crippen molar-refractivity contribution in [3.8, 4) is 5.75 Å². The third-order valence-corrected chi connectivity index (χ3v) is 4.12. The van der Waals surface area contributed by atoms with Gasteiger partial charge in [0.1, 0.15) is 5.75 Å². The molecule has 0 fully saturated rings. The summed E-state index contributed by atoms with van der Waals surface area (Å²) in [5.74, 6) is 0.164. The van der Waals surface area contributed by atoms with Crippen LogP contribution in [0.15, 0.2) is 24.3 Å². The fraction of sp³-hybridized carbons (Fsp3) is 0.611. The van der Waals surface area contributed by atoms with Gasteiger partial charge < -0.3 is 15.6 Å². The second kappa shape index (κ2) is 10.2. The van der Waals surface area contributed by atoms with Crippen molar-refractivity contribution in [2.75, 3.05) is 13.2 Å². The number of rotatable bonds is 11. The van der Waals surface area contributed by atoms with Crippen molar-refractivity contribution >= 4 is 5.97 Å². The van der Waals surface area contributed by atoms with Crippen molar-refractivity contribution in [1.82, 2.24) is 0 Å². The lowest BCUT2D eigenvalue weighted by Crippen LogP contribution is -2.25. The lowest BCUT2D eigenvalue weighted by molar-refractivity contribution is -0.142. The molecule has 0 aromatic heterocycles. The van der Waals surface area contributed by atoms with Crippen molar-refractivity contribution in [3.63, 3.8) is 0 Å². The molecule has 0 spiro atoms. The van der Waals surface area contributed by atoms with E-state index in [2.05, 4.69) is 19.1 Å². The fourth-order valence-corrected chi connectivity index (χ4v) is 2.74. The summed E-state index contributed by atoms with van der Waals surface area (Å²) >= 11 is 0. The summed E-state index contributed by atoms with van der Waals surface area (Å²) in [6, 6.07) is 8.20. The van der Waals surface area contributed by atoms with E-state index in [0.717, 1.165) is 31.4 Å². The zero-order valence-electron chi connectivity index (χ0n) is 13.8. The van der Waals surface area contributed by atoms with Gasteiger partial charge in [-0.3, -0.25) is 4.79 Å². The van der Waals surface area contributed by atoms with Crippen LogP contribution in [0.4, 0.5) is 0 Å². The smallest absolute Gasteiger partial charge is 0.307 e. The number of ether oxygens (including phenoxy) is 1. The van der Waals surface area contributed by atoms with Crippen LogP contribution < -0.4 is 10.5 Å². The van der Waals surface area contributed by atoms with Crippen molar-refractivity contribution in [3.05, 3.63) is 29.8 Å². The minimum absolute atomic E-state index is 0.224. The minimum atomic E-state index is -0.773. The maximum absolute atomic E-state index is 11.1. The summed E-state index contributed by atoms with van der Waals surface area (Å²) in [6.45, 7) is 5.00. The first kappa shape index (κ1) is 18.5. The van der Waals surface area contributed by atoms with E-state index >= 15 is 0 Å². The molecule has 22 heavy (non-hydrogen) atoms. The van der Waals surface area contributed by atoms with E-state index in [-0.39, 0.29) is 6.54 Å². The molecule has 0 heterocycles. The Morgan fingerprint density at radius 3 is 2.73 bits per heavy atom. The molecule has 0 aliphatic heterocycles. The maximum Gasteiger partial charge on any atom is 0.307 e. The van der Waals surface area contributed by atoms with Gasteiger partial charge in [0.2, 0.25) is 0 Å². The molecule has 0 bridgehead atoms. The zero-order valence-corrected chi connectivity index (χ0v) is 13.8. The Morgan fingerprint density at radius 2 is 2.14 bits per heavy atom. The van der Waals surface area contributed by atoms with Crippen LogP contribution in [0.2, 0.25) is 0 Å². The highest BCUT2D eigenvalue weighted by atomic mass is 16.5. The van der Waals surface area contributed by atoms with Gasteiger partial charge in [-0.2, -0.15) is 0 Å². The Bertz CT molecular complexity index is 448. The largest absolute Gasteiger partial charge is 0.494 e. The van der Waals surface area contributed by atoms with Crippen LogP contribution in [0, 0.1) is 11.8 Å². The second-order valence-electron chi connectivity index (χ2n) is 5.75. The van der Waals surface area contributed by atoms with Crippen LogP contribution in [-0.2, 0) is 11.2 Å². The Balaban J connectivity index is 2.43. The molecule has 2 unspecified atom stereocenters. The minimum Gasteiger partial charge on any atom is -0.494 e. The molecule has 0 amide bonds. The van der Waals surface area contributed by atoms with Gasteiger partial charge >= 0.3 is 5.97 Å². The van der Waals surface area contributed by atoms with Crippen LogP contribution in [0.25, 0.3) is 0 Å². The molecule has 2 atom stereocenters. The number of carboxylic acids is 1. The first-order valence-corrected chi connectivity index (χ1v) is 8.25. The number of hydrogen-bond acceptors (Lipinski definition) is 3. The fourth-order valence-electron chi connectivity index (χ4n) is 2.74. The Morgan fingerprint density at radius 1 is 1.36 bits per heavy atom. The predicted octanol–water partition coefficient (Wildman–Crippen LogP) is 3.48. The SMILES string of the molecule is CCOc1cccc(CCCC(CC)CC(CN)C(=O)O)c1. The molecule has 1 rings (SSSR count). The van der Waals surface area contributed by atoms with E-state index in [9.17, 15) is 4.79 Å². The number of aliphatic carboxylic acids is 1. The number of carboxylic acid groups (broad SMARTS) is 1. The molecule has 1 aromatic carbocycles. The summed E-state index contributed by atoms with van der Waals surface area (Å²) in [6.07, 6.45) is 4.78. The van der Waals surface area contributed by atoms with E-state index < -0.39 is 11.9 Å². The number of aryl methyl sites for hydroxylation is 1. The van der Waals surface area contributed by atoms with Crippen LogP contribution >= 0.6 is 0 Å². The molecule has 4 nitrogen and oxygen atoms in total. The van der Waals surface area contributed by atoms with E-state index in [1.54, 1.807) is 0 Å². The molecule has 0 saturated carbocycles. The van der Waals surface area contributed by atoms with Gasteiger partial charge in [0.15, 0.2) is 0 Å². The van der Waals surface area contributed by atoms with Gasteiger partial charge in [0, 0.05) is 6.54 Å². The third kappa shape index (κ3) is 6.48. The molecule has 1 aromatic rings. The highest BCUT2D eigenvalue weighted by molar-refractivity contribution is 5.70. The molecule has 0 radical (unpaired) electrons. The zero-order chi connectivity index (χ0) is 16.4. The molecule has 0 aliphatic rings. The first-order valence-electron chi connectivity index (χ1n) is 8.25. The highest BCUT2D eigenvalue weighted by Gasteiger charge is 2.20. The molecule has 124 valence electrons. The quantitative estimate of drug-likeness (QED) is 0.656. The van der Waals surface area contributed by atoms with Gasteiger partial charge in [-0.25, -0.2) is 0 Å². The van der Waals surface area contributed by atoms with Gasteiger partial charge in [-0.15, -0.1) is 0 Å². The Hall–Kier alpha value is -1.55. The van der Waals surface area contributed by atoms with Crippen molar-refractivity contribution in [1.29, 1.82) is 0 Å². The summed E-state index contributed by atoms with van der Waals surface area (Å²) in [5, 5.41) is 9.11. The van der Waals surface area contributed by atoms with Crippen molar-refractivity contribution in [2.45, 2.75) is 46.0 Å². The molecule has 0 aliphatic carbocycles. The monoisotopic (exact) mass is 307 g/mol. The van der Waals surface area contributed by atoms with Crippen LogP contribution in [0.5, 0.6) is 5.75 Å². The molecule has 4 heteroatoms. The van der Waals surface area contributed by atoms with Crippen LogP contribution in [0.1, 0.15) is 45.1 Å². The first-order chi connectivity index (χ1) is 10.6. The summed E-state index contributed by atoms with van der Waals surface area (Å²) in [5.41, 5.74) is 6.82. The van der Waals surface area contributed by atoms with Crippen molar-refractivity contribution in [2.24, 2.45) is 17.6 Å². The number of carbonyl (C=O) groups is 1. The maximum atomic E-state index is 11.1. The lowest BCUT2D eigenvalue weighted by Gasteiger charge is -2.18. The Kier molecular flexibility index (Phi) is 8.60. The van der Waals surface area contributed by atoms with Gasteiger partial charge in [-0.1, -0.05) is 31.9 Å². The second-order valence-corrected chi connectivity index (χ2v) is 5.75. The van der Waals surface area contributed by atoms with Gasteiger partial charge in [0.05, 0.1) is 12.5 Å². The standard InChI is InChI=1S/C18H29NO3/c1-3-14(11-16(13-19)18(20)21)7-5-8-15-9-6-10-17(12-15)22-4-2/h6,9-10,12,14,16H,3-5,7-8,11,13,19H2,1-2H3,(H,20,21). The number of benzene rings is 1. The molecular formula is C18H29NO3. The van der Waals surface area contributed by atoms with Crippen LogP contribution in [0.3, 0.4) is 0 Å². The van der Waals surface area contributed by atoms with Gasteiger partial charge in [0.25, 0.3) is 0 Å². The summed E-state index contributed by atoms with van der Waals surface area (Å²) in [4.78, 5) is 11.1. The molecular weight excluding hydrogens is 278 g/mol. The number of nitrogens with two attached hydrogens (primary N) is 1. The predicted molar refractivity (Wildman–Crippen MR) is 89.1 cm³/mol.